The van der Waals surface area contributed by atoms with Crippen molar-refractivity contribution in [1.82, 2.24) is 19.6 Å². The molecule has 2 heterocycles. The Morgan fingerprint density at radius 1 is 1.35 bits per heavy atom. The SMILES string of the molecule is CC(Oc1ccc(F)cc1Cl)c1ccn2ncnc2n1. The monoisotopic (exact) mass is 292 g/mol. The number of benzene rings is 1. The summed E-state index contributed by atoms with van der Waals surface area (Å²) in [6, 6.07) is 5.77. The molecule has 3 rings (SSSR count). The fraction of sp³-hybridized carbons (Fsp3) is 0.154. The second kappa shape index (κ2) is 5.05. The molecule has 0 amide bonds. The zero-order valence-corrected chi connectivity index (χ0v) is 11.3. The Balaban J connectivity index is 1.86. The summed E-state index contributed by atoms with van der Waals surface area (Å²) >= 11 is 5.93. The lowest BCUT2D eigenvalue weighted by Crippen LogP contribution is -2.07. The Kier molecular flexibility index (Phi) is 3.23. The van der Waals surface area contributed by atoms with Gasteiger partial charge in [-0.3, -0.25) is 0 Å². The molecule has 0 bridgehead atoms. The number of rotatable bonds is 3. The van der Waals surface area contributed by atoms with Crippen LogP contribution in [0.5, 0.6) is 5.75 Å². The summed E-state index contributed by atoms with van der Waals surface area (Å²) in [5.41, 5.74) is 0.686. The molecule has 1 aromatic carbocycles. The number of nitrogens with zero attached hydrogens (tertiary/aromatic N) is 4. The van der Waals surface area contributed by atoms with Crippen LogP contribution in [0.25, 0.3) is 5.78 Å². The van der Waals surface area contributed by atoms with Crippen LogP contribution in [0.1, 0.15) is 18.7 Å². The van der Waals surface area contributed by atoms with E-state index >= 15 is 0 Å². The summed E-state index contributed by atoms with van der Waals surface area (Å²) in [5.74, 6) is 0.491. The molecule has 0 aliphatic heterocycles. The minimum Gasteiger partial charge on any atom is -0.483 e. The van der Waals surface area contributed by atoms with Crippen LogP contribution < -0.4 is 4.74 Å². The fourth-order valence-corrected chi connectivity index (χ4v) is 1.99. The predicted octanol–water partition coefficient (Wildman–Crippen LogP) is 3.06. The number of hydrogen-bond donors (Lipinski definition) is 0. The Bertz CT molecular complexity index is 761. The third kappa shape index (κ3) is 2.42. The first-order chi connectivity index (χ1) is 9.63. The lowest BCUT2D eigenvalue weighted by molar-refractivity contribution is 0.222. The van der Waals surface area contributed by atoms with Crippen LogP contribution in [0.3, 0.4) is 0 Å². The van der Waals surface area contributed by atoms with E-state index in [2.05, 4.69) is 15.1 Å². The smallest absolute Gasteiger partial charge is 0.252 e. The highest BCUT2D eigenvalue weighted by Crippen LogP contribution is 2.29. The average Bonchev–Trinajstić information content (AvgIpc) is 2.89. The van der Waals surface area contributed by atoms with Crippen molar-refractivity contribution in [3.63, 3.8) is 0 Å². The second-order valence-electron chi connectivity index (χ2n) is 4.19. The van der Waals surface area contributed by atoms with Gasteiger partial charge in [-0.15, -0.1) is 0 Å². The number of fused-ring (bicyclic) bond motifs is 1. The standard InChI is InChI=1S/C13H10ClFN4O/c1-8(20-12-3-2-9(15)6-10(12)14)11-4-5-19-13(18-11)16-7-17-19/h2-8H,1H3. The van der Waals surface area contributed by atoms with Crippen molar-refractivity contribution < 1.29 is 9.13 Å². The van der Waals surface area contributed by atoms with Crippen molar-refractivity contribution in [2.45, 2.75) is 13.0 Å². The van der Waals surface area contributed by atoms with Crippen molar-refractivity contribution in [3.8, 4) is 5.75 Å². The third-order valence-corrected chi connectivity index (χ3v) is 3.08. The highest BCUT2D eigenvalue weighted by Gasteiger charge is 2.13. The van der Waals surface area contributed by atoms with Gasteiger partial charge in [0.15, 0.2) is 0 Å². The van der Waals surface area contributed by atoms with E-state index in [4.69, 9.17) is 16.3 Å². The van der Waals surface area contributed by atoms with E-state index < -0.39 is 5.82 Å². The normalized spacial score (nSPS) is 12.6. The molecule has 0 saturated heterocycles. The number of halogens is 2. The summed E-state index contributed by atoms with van der Waals surface area (Å²) in [7, 11) is 0. The Morgan fingerprint density at radius 2 is 2.20 bits per heavy atom. The average molecular weight is 293 g/mol. The molecular weight excluding hydrogens is 283 g/mol. The van der Waals surface area contributed by atoms with Crippen LogP contribution in [0.15, 0.2) is 36.8 Å². The second-order valence-corrected chi connectivity index (χ2v) is 4.60. The van der Waals surface area contributed by atoms with Gasteiger partial charge in [0.1, 0.15) is 24.0 Å². The number of aromatic nitrogens is 4. The molecule has 2 aromatic heterocycles. The van der Waals surface area contributed by atoms with Crippen LogP contribution in [-0.2, 0) is 0 Å². The molecule has 20 heavy (non-hydrogen) atoms. The van der Waals surface area contributed by atoms with Crippen molar-refractivity contribution in [3.05, 3.63) is 53.3 Å². The van der Waals surface area contributed by atoms with Gasteiger partial charge in [-0.1, -0.05) is 11.6 Å². The summed E-state index contributed by atoms with van der Waals surface area (Å²) in [4.78, 5) is 8.33. The van der Waals surface area contributed by atoms with E-state index in [-0.39, 0.29) is 11.1 Å². The first-order valence-corrected chi connectivity index (χ1v) is 6.29. The summed E-state index contributed by atoms with van der Waals surface area (Å²) < 4.78 is 20.2. The van der Waals surface area contributed by atoms with Gasteiger partial charge in [0.05, 0.1) is 10.7 Å². The Labute approximate surface area is 119 Å². The van der Waals surface area contributed by atoms with Crippen molar-refractivity contribution in [1.29, 1.82) is 0 Å². The van der Waals surface area contributed by atoms with Gasteiger partial charge in [0.2, 0.25) is 0 Å². The summed E-state index contributed by atoms with van der Waals surface area (Å²) in [6.45, 7) is 1.83. The van der Waals surface area contributed by atoms with Gasteiger partial charge < -0.3 is 4.74 Å². The van der Waals surface area contributed by atoms with Gasteiger partial charge in [-0.25, -0.2) is 13.9 Å². The lowest BCUT2D eigenvalue weighted by Gasteiger charge is -2.15. The van der Waals surface area contributed by atoms with E-state index in [1.807, 2.05) is 6.92 Å². The van der Waals surface area contributed by atoms with E-state index in [1.54, 1.807) is 16.8 Å². The molecule has 5 nitrogen and oxygen atoms in total. The largest absolute Gasteiger partial charge is 0.483 e. The Morgan fingerprint density at radius 3 is 3.00 bits per heavy atom. The summed E-state index contributed by atoms with van der Waals surface area (Å²) in [6.07, 6.45) is 2.82. The Hall–Kier alpha value is -2.21. The highest BCUT2D eigenvalue weighted by molar-refractivity contribution is 6.32. The molecule has 1 unspecified atom stereocenters. The molecule has 0 aliphatic rings. The van der Waals surface area contributed by atoms with Crippen molar-refractivity contribution in [2.24, 2.45) is 0 Å². The molecule has 0 radical (unpaired) electrons. The topological polar surface area (TPSA) is 52.3 Å². The predicted molar refractivity (Wildman–Crippen MR) is 71.2 cm³/mol. The van der Waals surface area contributed by atoms with Crippen molar-refractivity contribution >= 4 is 17.4 Å². The van der Waals surface area contributed by atoms with Gasteiger partial charge >= 0.3 is 0 Å². The molecule has 3 aromatic rings. The van der Waals surface area contributed by atoms with Crippen LogP contribution in [0.4, 0.5) is 4.39 Å². The lowest BCUT2D eigenvalue weighted by atomic mass is 10.2. The van der Waals surface area contributed by atoms with Gasteiger partial charge in [0, 0.05) is 6.20 Å². The molecule has 7 heteroatoms. The van der Waals surface area contributed by atoms with Crippen LogP contribution in [-0.4, -0.2) is 19.6 Å². The third-order valence-electron chi connectivity index (χ3n) is 2.78. The van der Waals surface area contributed by atoms with Crippen LogP contribution in [0.2, 0.25) is 5.02 Å². The van der Waals surface area contributed by atoms with Crippen LogP contribution >= 0.6 is 11.6 Å². The quantitative estimate of drug-likeness (QED) is 0.744. The van der Waals surface area contributed by atoms with Crippen LogP contribution in [0, 0.1) is 5.82 Å². The zero-order chi connectivity index (χ0) is 14.1. The van der Waals surface area contributed by atoms with Crippen molar-refractivity contribution in [2.75, 3.05) is 0 Å². The maximum atomic E-state index is 13.0. The molecule has 102 valence electrons. The van der Waals surface area contributed by atoms with Gasteiger partial charge in [-0.05, 0) is 31.2 Å². The molecule has 0 aliphatic carbocycles. The molecule has 0 fully saturated rings. The van der Waals surface area contributed by atoms with E-state index in [1.165, 1.54) is 24.5 Å². The molecule has 0 saturated carbocycles. The molecule has 1 atom stereocenters. The number of ether oxygens (including phenoxy) is 1. The van der Waals surface area contributed by atoms with Gasteiger partial charge in [0.25, 0.3) is 5.78 Å². The molecular formula is C13H10ClFN4O. The van der Waals surface area contributed by atoms with Gasteiger partial charge in [-0.2, -0.15) is 10.1 Å². The molecule has 0 spiro atoms. The summed E-state index contributed by atoms with van der Waals surface area (Å²) in [5, 5.41) is 4.19. The minimum atomic E-state index is -0.405. The minimum absolute atomic E-state index is 0.223. The van der Waals surface area contributed by atoms with E-state index in [9.17, 15) is 4.39 Å². The first-order valence-electron chi connectivity index (χ1n) is 5.91. The van der Waals surface area contributed by atoms with E-state index in [0.29, 0.717) is 17.2 Å². The van der Waals surface area contributed by atoms with E-state index in [0.717, 1.165) is 0 Å². The molecule has 0 N–H and O–H groups in total. The number of hydrogen-bond acceptors (Lipinski definition) is 4. The maximum absolute atomic E-state index is 13.0. The zero-order valence-electron chi connectivity index (χ0n) is 10.5. The first kappa shape index (κ1) is 12.8. The highest BCUT2D eigenvalue weighted by atomic mass is 35.5. The maximum Gasteiger partial charge on any atom is 0.252 e. The fourth-order valence-electron chi connectivity index (χ4n) is 1.78.